The maximum Gasteiger partial charge on any atom is 0.229 e. The molecule has 1 rings (SSSR count). The summed E-state index contributed by atoms with van der Waals surface area (Å²) in [4.78, 5) is 0. The van der Waals surface area contributed by atoms with E-state index in [0.29, 0.717) is 17.8 Å². The van der Waals surface area contributed by atoms with E-state index in [2.05, 4.69) is 22.3 Å². The van der Waals surface area contributed by atoms with Gasteiger partial charge in [0.05, 0.1) is 12.4 Å². The zero-order chi connectivity index (χ0) is 12.2. The first-order valence-corrected chi connectivity index (χ1v) is 6.89. The highest BCUT2D eigenvalue weighted by Crippen LogP contribution is 2.16. The molecule has 0 aliphatic rings. The third-order valence-electron chi connectivity index (χ3n) is 1.88. The van der Waals surface area contributed by atoms with Crippen LogP contribution in [0.4, 0.5) is 5.69 Å². The molecule has 0 aromatic heterocycles. The number of rotatable bonds is 5. The van der Waals surface area contributed by atoms with E-state index < -0.39 is 16.1 Å². The number of aliphatic hydroxyl groups excluding tert-OH is 1. The summed E-state index contributed by atoms with van der Waals surface area (Å²) in [5.41, 5.74) is 1.16. The van der Waals surface area contributed by atoms with E-state index in [-0.39, 0.29) is 0 Å². The van der Waals surface area contributed by atoms with Gasteiger partial charge in [0.15, 0.2) is 0 Å². The lowest BCUT2D eigenvalue weighted by atomic mass is 10.1. The number of nitrogens with one attached hydrogen (secondary N) is 2. The van der Waals surface area contributed by atoms with Crippen molar-refractivity contribution in [2.45, 2.75) is 6.10 Å². The summed E-state index contributed by atoms with van der Waals surface area (Å²) >= 11 is 3.79. The molecule has 0 spiro atoms. The van der Waals surface area contributed by atoms with Crippen LogP contribution in [0.15, 0.2) is 24.3 Å². The first-order valence-electron chi connectivity index (χ1n) is 4.55. The van der Waals surface area contributed by atoms with Gasteiger partial charge in [-0.05, 0) is 17.7 Å². The van der Waals surface area contributed by atoms with Crippen molar-refractivity contribution < 1.29 is 13.5 Å². The minimum Gasteiger partial charge on any atom is -0.387 e. The molecule has 0 saturated carbocycles. The van der Waals surface area contributed by atoms with Crippen LogP contribution < -0.4 is 9.44 Å². The van der Waals surface area contributed by atoms with Crippen molar-refractivity contribution in [2.75, 3.05) is 17.5 Å². The van der Waals surface area contributed by atoms with Crippen LogP contribution in [-0.2, 0) is 10.0 Å². The summed E-state index contributed by atoms with van der Waals surface area (Å²) in [5.74, 6) is 0. The van der Waals surface area contributed by atoms with Crippen LogP contribution in [0.5, 0.6) is 0 Å². The molecule has 0 amide bonds. The van der Waals surface area contributed by atoms with Crippen molar-refractivity contribution in [1.82, 2.24) is 4.72 Å². The van der Waals surface area contributed by atoms with Crippen LogP contribution in [0.2, 0.25) is 0 Å². The Morgan fingerprint density at radius 2 is 1.94 bits per heavy atom. The molecule has 3 N–H and O–H groups in total. The standard InChI is InChI=1S/C9H14N2O3S2/c1-16(13,14)11-8-4-2-7(3-5-8)9(12)6-10-15/h2-5,9-12,15H,6H2,1H3. The fourth-order valence-electron chi connectivity index (χ4n) is 1.19. The fourth-order valence-corrected chi connectivity index (χ4v) is 1.93. The van der Waals surface area contributed by atoms with Gasteiger partial charge in [0.1, 0.15) is 0 Å². The SMILES string of the molecule is CS(=O)(=O)Nc1ccc(C(O)CNS)cc1. The molecule has 16 heavy (non-hydrogen) atoms. The predicted octanol–water partition coefficient (Wildman–Crippen LogP) is 0.526. The van der Waals surface area contributed by atoms with Crippen molar-refractivity contribution in [3.8, 4) is 0 Å². The highest BCUT2D eigenvalue weighted by Gasteiger charge is 2.07. The highest BCUT2D eigenvalue weighted by atomic mass is 32.2. The average Bonchev–Trinajstić information content (AvgIpc) is 2.16. The summed E-state index contributed by atoms with van der Waals surface area (Å²) in [5, 5.41) is 9.59. The molecule has 1 atom stereocenters. The van der Waals surface area contributed by atoms with Gasteiger partial charge in [0.25, 0.3) is 0 Å². The molecule has 0 saturated heterocycles. The fraction of sp³-hybridized carbons (Fsp3) is 0.333. The minimum atomic E-state index is -3.26. The lowest BCUT2D eigenvalue weighted by molar-refractivity contribution is 0.183. The molecule has 0 fully saturated rings. The Hall–Kier alpha value is -0.760. The van der Waals surface area contributed by atoms with Gasteiger partial charge in [-0.15, -0.1) is 0 Å². The Morgan fingerprint density at radius 3 is 2.38 bits per heavy atom. The van der Waals surface area contributed by atoms with Crippen LogP contribution in [-0.4, -0.2) is 26.3 Å². The van der Waals surface area contributed by atoms with E-state index in [9.17, 15) is 13.5 Å². The van der Waals surface area contributed by atoms with E-state index in [1.165, 1.54) is 0 Å². The van der Waals surface area contributed by atoms with Gasteiger partial charge in [0, 0.05) is 12.2 Å². The minimum absolute atomic E-state index is 0.321. The molecule has 1 aromatic rings. The summed E-state index contributed by atoms with van der Waals surface area (Å²) < 4.78 is 26.8. The third-order valence-corrected chi connectivity index (χ3v) is 2.67. The second-order valence-corrected chi connectivity index (χ2v) is 5.44. The van der Waals surface area contributed by atoms with Gasteiger partial charge in [-0.2, -0.15) is 0 Å². The Bertz CT molecular complexity index is 431. The number of thiol groups is 1. The van der Waals surface area contributed by atoms with Crippen molar-refractivity contribution in [3.63, 3.8) is 0 Å². The third kappa shape index (κ3) is 4.40. The molecule has 7 heteroatoms. The first-order chi connectivity index (χ1) is 7.42. The molecule has 0 radical (unpaired) electrons. The van der Waals surface area contributed by atoms with E-state index in [4.69, 9.17) is 0 Å². The van der Waals surface area contributed by atoms with Crippen molar-refractivity contribution in [3.05, 3.63) is 29.8 Å². The van der Waals surface area contributed by atoms with Crippen molar-refractivity contribution in [1.29, 1.82) is 0 Å². The molecule has 90 valence electrons. The van der Waals surface area contributed by atoms with Crippen LogP contribution >= 0.6 is 12.8 Å². The molecule has 0 heterocycles. The van der Waals surface area contributed by atoms with Gasteiger partial charge < -0.3 is 5.11 Å². The lowest BCUT2D eigenvalue weighted by Crippen LogP contribution is -2.13. The lowest BCUT2D eigenvalue weighted by Gasteiger charge is -2.10. The van der Waals surface area contributed by atoms with Crippen LogP contribution in [0.3, 0.4) is 0 Å². The topological polar surface area (TPSA) is 78.4 Å². The normalized spacial score (nSPS) is 13.4. The molecule has 0 aliphatic carbocycles. The maximum atomic E-state index is 10.9. The number of sulfonamides is 1. The van der Waals surface area contributed by atoms with Crippen LogP contribution in [0, 0.1) is 0 Å². The quantitative estimate of drug-likeness (QED) is 0.584. The molecular formula is C9H14N2O3S2. The second-order valence-electron chi connectivity index (χ2n) is 3.37. The van der Waals surface area contributed by atoms with E-state index in [1.54, 1.807) is 24.3 Å². The Kier molecular flexibility index (Phi) is 4.60. The second kappa shape index (κ2) is 5.53. The summed E-state index contributed by atoms with van der Waals surface area (Å²) in [7, 11) is -3.26. The number of aliphatic hydroxyl groups is 1. The zero-order valence-corrected chi connectivity index (χ0v) is 10.4. The van der Waals surface area contributed by atoms with Gasteiger partial charge in [0.2, 0.25) is 10.0 Å². The van der Waals surface area contributed by atoms with Gasteiger partial charge in [-0.25, -0.2) is 8.42 Å². The highest BCUT2D eigenvalue weighted by molar-refractivity contribution is 7.92. The zero-order valence-electron chi connectivity index (χ0n) is 8.71. The molecule has 1 unspecified atom stereocenters. The van der Waals surface area contributed by atoms with Crippen molar-refractivity contribution >= 4 is 28.5 Å². The van der Waals surface area contributed by atoms with Crippen LogP contribution in [0.1, 0.15) is 11.7 Å². The summed E-state index contributed by atoms with van der Waals surface area (Å²) in [6.07, 6.45) is 0.422. The number of hydrogen-bond acceptors (Lipinski definition) is 5. The Morgan fingerprint density at radius 1 is 1.38 bits per heavy atom. The summed E-state index contributed by atoms with van der Waals surface area (Å²) in [6.45, 7) is 0.321. The van der Waals surface area contributed by atoms with Crippen molar-refractivity contribution in [2.24, 2.45) is 0 Å². The molecular weight excluding hydrogens is 248 g/mol. The monoisotopic (exact) mass is 262 g/mol. The molecule has 1 aromatic carbocycles. The molecule has 5 nitrogen and oxygen atoms in total. The maximum absolute atomic E-state index is 10.9. The van der Waals surface area contributed by atoms with E-state index in [0.717, 1.165) is 6.26 Å². The predicted molar refractivity (Wildman–Crippen MR) is 66.9 cm³/mol. The van der Waals surface area contributed by atoms with Gasteiger partial charge in [-0.3, -0.25) is 9.44 Å². The Balaban J connectivity index is 2.75. The van der Waals surface area contributed by atoms with Gasteiger partial charge >= 0.3 is 0 Å². The number of anilines is 1. The molecule has 0 aliphatic heterocycles. The number of hydrogen-bond donors (Lipinski definition) is 4. The Labute approximate surface area is 100 Å². The smallest absolute Gasteiger partial charge is 0.229 e. The largest absolute Gasteiger partial charge is 0.387 e. The van der Waals surface area contributed by atoms with Gasteiger partial charge in [-0.1, -0.05) is 24.9 Å². The van der Waals surface area contributed by atoms with E-state index >= 15 is 0 Å². The summed E-state index contributed by atoms with van der Waals surface area (Å²) in [6, 6.07) is 6.50. The average molecular weight is 262 g/mol. The number of benzene rings is 1. The van der Waals surface area contributed by atoms with E-state index in [1.807, 2.05) is 0 Å². The molecule has 0 bridgehead atoms. The van der Waals surface area contributed by atoms with Crippen LogP contribution in [0.25, 0.3) is 0 Å². The first kappa shape index (κ1) is 13.3.